The van der Waals surface area contributed by atoms with E-state index in [2.05, 4.69) is 49.0 Å². The molecule has 0 bridgehead atoms. The second-order valence-corrected chi connectivity index (χ2v) is 5.78. The molecular weight excluding hydrogens is 258 g/mol. The predicted molar refractivity (Wildman–Crippen MR) is 88.9 cm³/mol. The lowest BCUT2D eigenvalue weighted by Gasteiger charge is -2.12. The predicted octanol–water partition coefficient (Wildman–Crippen LogP) is 4.31. The van der Waals surface area contributed by atoms with Crippen molar-refractivity contribution in [1.29, 1.82) is 0 Å². The minimum atomic E-state index is 0.507. The molecule has 1 heterocycles. The molecule has 2 aromatic rings. The molecule has 1 aromatic heterocycles. The van der Waals surface area contributed by atoms with Gasteiger partial charge in [-0.25, -0.2) is 0 Å². The maximum absolute atomic E-state index is 5.86. The van der Waals surface area contributed by atoms with Crippen molar-refractivity contribution >= 4 is 17.3 Å². The van der Waals surface area contributed by atoms with Gasteiger partial charge in [0.1, 0.15) is 0 Å². The number of hydrogen-bond donors (Lipinski definition) is 1. The van der Waals surface area contributed by atoms with E-state index >= 15 is 0 Å². The second-order valence-electron chi connectivity index (χ2n) is 5.78. The smallest absolute Gasteiger partial charge is 0.0853 e. The minimum Gasteiger partial charge on any atom is -0.399 e. The molecule has 0 aliphatic heterocycles. The molecule has 0 saturated carbocycles. The number of allylic oxidation sites excluding steroid dienone is 1. The molecule has 0 fully saturated rings. The van der Waals surface area contributed by atoms with Crippen LogP contribution in [-0.4, -0.2) is 9.78 Å². The first-order valence-corrected chi connectivity index (χ1v) is 7.85. The first kappa shape index (κ1) is 13.9. The minimum absolute atomic E-state index is 0.507. The van der Waals surface area contributed by atoms with Gasteiger partial charge in [0, 0.05) is 11.9 Å². The molecule has 2 N–H and O–H groups in total. The Hall–Kier alpha value is -2.03. The van der Waals surface area contributed by atoms with Crippen molar-refractivity contribution in [3.05, 3.63) is 47.3 Å². The lowest BCUT2D eigenvalue weighted by Crippen LogP contribution is -2.07. The normalized spacial score (nSPS) is 15.9. The number of rotatable bonds is 4. The van der Waals surface area contributed by atoms with Crippen LogP contribution in [0.5, 0.6) is 0 Å². The number of anilines is 1. The summed E-state index contributed by atoms with van der Waals surface area (Å²) < 4.78 is 2.10. The molecule has 0 saturated heterocycles. The van der Waals surface area contributed by atoms with Gasteiger partial charge in [0.05, 0.1) is 11.7 Å². The first-order chi connectivity index (χ1) is 10.2. The summed E-state index contributed by atoms with van der Waals surface area (Å²) in [5.74, 6) is 0. The summed E-state index contributed by atoms with van der Waals surface area (Å²) in [6, 6.07) is 8.84. The third-order valence-corrected chi connectivity index (χ3v) is 4.41. The van der Waals surface area contributed by atoms with Crippen molar-refractivity contribution in [3.63, 3.8) is 0 Å². The van der Waals surface area contributed by atoms with Gasteiger partial charge in [-0.2, -0.15) is 5.10 Å². The molecule has 0 spiro atoms. The largest absolute Gasteiger partial charge is 0.399 e. The van der Waals surface area contributed by atoms with Crippen LogP contribution in [-0.2, 0) is 6.42 Å². The molecule has 0 unspecified atom stereocenters. The van der Waals surface area contributed by atoms with Crippen LogP contribution in [0.2, 0.25) is 0 Å². The topological polar surface area (TPSA) is 43.8 Å². The fourth-order valence-electron chi connectivity index (χ4n) is 3.16. The molecule has 21 heavy (non-hydrogen) atoms. The molecular formula is C18H23N3. The number of benzene rings is 1. The number of nitrogens with zero attached hydrogens (tertiary/aromatic N) is 2. The van der Waals surface area contributed by atoms with E-state index in [4.69, 9.17) is 10.8 Å². The molecule has 1 aliphatic rings. The van der Waals surface area contributed by atoms with Crippen molar-refractivity contribution in [3.8, 4) is 0 Å². The zero-order valence-electron chi connectivity index (χ0n) is 12.8. The average Bonchev–Trinajstić information content (AvgIpc) is 3.08. The third-order valence-electron chi connectivity index (χ3n) is 4.41. The molecule has 1 aromatic carbocycles. The lowest BCUT2D eigenvalue weighted by molar-refractivity contribution is 0.428. The molecule has 0 amide bonds. The van der Waals surface area contributed by atoms with E-state index < -0.39 is 0 Å². The summed E-state index contributed by atoms with van der Waals surface area (Å²) in [6.45, 7) is 4.43. The van der Waals surface area contributed by atoms with Gasteiger partial charge in [-0.3, -0.25) is 4.68 Å². The number of aromatic nitrogens is 2. The number of fused-ring (bicyclic) bond motifs is 1. The Kier molecular flexibility index (Phi) is 3.82. The number of aryl methyl sites for hydroxylation is 1. The highest BCUT2D eigenvalue weighted by Gasteiger charge is 2.16. The summed E-state index contributed by atoms with van der Waals surface area (Å²) in [5.41, 5.74) is 11.8. The monoisotopic (exact) mass is 281 g/mol. The SMILES string of the molecule is CCC(CC)n1ccc(C=C2CCc3cc(N)ccc32)n1. The fraction of sp³-hybridized carbons (Fsp3) is 0.389. The Balaban J connectivity index is 1.88. The van der Waals surface area contributed by atoms with Gasteiger partial charge in [-0.15, -0.1) is 0 Å². The van der Waals surface area contributed by atoms with Crippen LogP contribution in [0.15, 0.2) is 30.5 Å². The van der Waals surface area contributed by atoms with Crippen LogP contribution in [0.4, 0.5) is 5.69 Å². The van der Waals surface area contributed by atoms with Gasteiger partial charge in [-0.05, 0) is 66.7 Å². The first-order valence-electron chi connectivity index (χ1n) is 7.85. The van der Waals surface area contributed by atoms with Gasteiger partial charge >= 0.3 is 0 Å². The van der Waals surface area contributed by atoms with E-state index in [9.17, 15) is 0 Å². The van der Waals surface area contributed by atoms with Crippen LogP contribution < -0.4 is 5.73 Å². The van der Waals surface area contributed by atoms with Crippen molar-refractivity contribution < 1.29 is 0 Å². The standard InChI is InChI=1S/C18H23N3/c1-3-17(4-2)21-10-9-16(20-21)12-14-6-5-13-11-15(19)7-8-18(13)14/h7-12,17H,3-6,19H2,1-2H3. The van der Waals surface area contributed by atoms with Crippen LogP contribution in [0.25, 0.3) is 11.6 Å². The van der Waals surface area contributed by atoms with Crippen LogP contribution in [0.1, 0.15) is 56.0 Å². The Morgan fingerprint density at radius 1 is 1.24 bits per heavy atom. The van der Waals surface area contributed by atoms with Crippen LogP contribution >= 0.6 is 0 Å². The van der Waals surface area contributed by atoms with Crippen molar-refractivity contribution in [1.82, 2.24) is 9.78 Å². The molecule has 3 nitrogen and oxygen atoms in total. The van der Waals surface area contributed by atoms with Crippen molar-refractivity contribution in [2.75, 3.05) is 5.73 Å². The molecule has 0 atom stereocenters. The lowest BCUT2D eigenvalue weighted by atomic mass is 10.1. The van der Waals surface area contributed by atoms with Crippen LogP contribution in [0, 0.1) is 0 Å². The maximum atomic E-state index is 5.86. The second kappa shape index (κ2) is 5.76. The quantitative estimate of drug-likeness (QED) is 0.848. The van der Waals surface area contributed by atoms with Gasteiger partial charge < -0.3 is 5.73 Å². The van der Waals surface area contributed by atoms with Crippen molar-refractivity contribution in [2.24, 2.45) is 0 Å². The summed E-state index contributed by atoms with van der Waals surface area (Å²) in [7, 11) is 0. The maximum Gasteiger partial charge on any atom is 0.0853 e. The summed E-state index contributed by atoms with van der Waals surface area (Å²) in [6.07, 6.45) is 8.73. The summed E-state index contributed by atoms with van der Waals surface area (Å²) in [5, 5.41) is 4.72. The Labute approximate surface area is 126 Å². The van der Waals surface area contributed by atoms with Gasteiger partial charge in [0.25, 0.3) is 0 Å². The Bertz CT molecular complexity index is 663. The van der Waals surface area contributed by atoms with E-state index in [-0.39, 0.29) is 0 Å². The van der Waals surface area contributed by atoms with Crippen LogP contribution in [0.3, 0.4) is 0 Å². The number of hydrogen-bond acceptors (Lipinski definition) is 2. The number of nitrogens with two attached hydrogens (primary N) is 1. The van der Waals surface area contributed by atoms with E-state index in [1.807, 2.05) is 6.07 Å². The Morgan fingerprint density at radius 2 is 2.05 bits per heavy atom. The molecule has 110 valence electrons. The van der Waals surface area contributed by atoms with Crippen molar-refractivity contribution in [2.45, 2.75) is 45.6 Å². The molecule has 3 rings (SSSR count). The highest BCUT2D eigenvalue weighted by atomic mass is 15.3. The van der Waals surface area contributed by atoms with E-state index in [1.165, 1.54) is 16.7 Å². The molecule has 3 heteroatoms. The van der Waals surface area contributed by atoms with Gasteiger partial charge in [0.15, 0.2) is 0 Å². The highest BCUT2D eigenvalue weighted by Crippen LogP contribution is 2.34. The highest BCUT2D eigenvalue weighted by molar-refractivity contribution is 5.85. The Morgan fingerprint density at radius 3 is 2.81 bits per heavy atom. The zero-order chi connectivity index (χ0) is 14.8. The zero-order valence-corrected chi connectivity index (χ0v) is 12.8. The third kappa shape index (κ3) is 2.73. The number of nitrogen functional groups attached to an aromatic ring is 1. The average molecular weight is 281 g/mol. The summed E-state index contributed by atoms with van der Waals surface area (Å²) >= 11 is 0. The molecule has 1 aliphatic carbocycles. The summed E-state index contributed by atoms with van der Waals surface area (Å²) in [4.78, 5) is 0. The van der Waals surface area contributed by atoms with Gasteiger partial charge in [-0.1, -0.05) is 19.9 Å². The fourth-order valence-corrected chi connectivity index (χ4v) is 3.16. The van der Waals surface area contributed by atoms with E-state index in [1.54, 1.807) is 0 Å². The van der Waals surface area contributed by atoms with Gasteiger partial charge in [0.2, 0.25) is 0 Å². The molecule has 0 radical (unpaired) electrons. The van der Waals surface area contributed by atoms with E-state index in [0.29, 0.717) is 6.04 Å². The van der Waals surface area contributed by atoms with E-state index in [0.717, 1.165) is 37.1 Å².